The largest absolute Gasteiger partial charge is 0.352 e. The zero-order valence-electron chi connectivity index (χ0n) is 7.27. The number of benzene rings is 1. The van der Waals surface area contributed by atoms with E-state index in [1.807, 2.05) is 30.0 Å². The third-order valence-corrected chi connectivity index (χ3v) is 3.52. The molecule has 1 aromatic carbocycles. The summed E-state index contributed by atoms with van der Waals surface area (Å²) in [5.74, 6) is 2.25. The van der Waals surface area contributed by atoms with E-state index in [9.17, 15) is 0 Å². The molecule has 1 aliphatic rings. The predicted octanol–water partition coefficient (Wildman–Crippen LogP) is 2.37. The summed E-state index contributed by atoms with van der Waals surface area (Å²) in [7, 11) is 0. The predicted molar refractivity (Wildman–Crippen MR) is 62.2 cm³/mol. The van der Waals surface area contributed by atoms with Crippen LogP contribution in [0.15, 0.2) is 30.3 Å². The van der Waals surface area contributed by atoms with Crippen LogP contribution in [0.2, 0.25) is 0 Å². The van der Waals surface area contributed by atoms with Crippen molar-refractivity contribution in [2.75, 3.05) is 18.2 Å². The van der Waals surface area contributed by atoms with Gasteiger partial charge in [-0.3, -0.25) is 0 Å². The van der Waals surface area contributed by atoms with E-state index < -0.39 is 0 Å². The molecule has 1 heterocycles. The summed E-state index contributed by atoms with van der Waals surface area (Å²) in [6.07, 6.45) is 0. The van der Waals surface area contributed by atoms with Crippen LogP contribution in [-0.4, -0.2) is 28.1 Å². The molecule has 1 aromatic rings. The summed E-state index contributed by atoms with van der Waals surface area (Å²) >= 11 is 7.34. The van der Waals surface area contributed by atoms with Gasteiger partial charge < -0.3 is 4.90 Å². The minimum absolute atomic E-state index is 0.991. The van der Waals surface area contributed by atoms with Gasteiger partial charge in [0.2, 0.25) is 0 Å². The number of thiocarbonyl (C=S) groups is 1. The van der Waals surface area contributed by atoms with E-state index in [0.717, 1.165) is 17.4 Å². The highest BCUT2D eigenvalue weighted by atomic mass is 32.2. The number of nitrogens with zero attached hydrogens (tertiary/aromatic N) is 1. The van der Waals surface area contributed by atoms with Crippen molar-refractivity contribution in [3.63, 3.8) is 0 Å². The first-order valence-electron chi connectivity index (χ1n) is 4.30. The van der Waals surface area contributed by atoms with Crippen molar-refractivity contribution in [2.45, 2.75) is 0 Å². The third kappa shape index (κ3) is 2.03. The molecule has 13 heavy (non-hydrogen) atoms. The van der Waals surface area contributed by atoms with Gasteiger partial charge >= 0.3 is 0 Å². The molecule has 1 nitrogen and oxygen atoms in total. The lowest BCUT2D eigenvalue weighted by atomic mass is 10.2. The molecular formula is C10H11NS2. The Morgan fingerprint density at radius 3 is 2.69 bits per heavy atom. The van der Waals surface area contributed by atoms with Crippen LogP contribution in [0.4, 0.5) is 0 Å². The Morgan fingerprint density at radius 1 is 1.31 bits per heavy atom. The van der Waals surface area contributed by atoms with E-state index in [2.05, 4.69) is 17.0 Å². The van der Waals surface area contributed by atoms with Crippen molar-refractivity contribution in [3.05, 3.63) is 35.9 Å². The van der Waals surface area contributed by atoms with Crippen LogP contribution in [0.1, 0.15) is 5.56 Å². The molecule has 2 rings (SSSR count). The van der Waals surface area contributed by atoms with Gasteiger partial charge in [0.25, 0.3) is 0 Å². The number of rotatable bonds is 1. The molecule has 0 spiro atoms. The fraction of sp³-hybridized carbons (Fsp3) is 0.300. The number of thioether (sulfide) groups is 1. The van der Waals surface area contributed by atoms with Gasteiger partial charge in [0, 0.05) is 17.9 Å². The summed E-state index contributed by atoms with van der Waals surface area (Å²) in [6.45, 7) is 1.10. The van der Waals surface area contributed by atoms with E-state index in [0.29, 0.717) is 0 Å². The molecule has 0 amide bonds. The first kappa shape index (κ1) is 9.03. The van der Waals surface area contributed by atoms with Crippen LogP contribution in [0.3, 0.4) is 0 Å². The Bertz CT molecular complexity index is 291. The Labute approximate surface area is 88.1 Å². The summed E-state index contributed by atoms with van der Waals surface area (Å²) in [5, 5.41) is 0. The summed E-state index contributed by atoms with van der Waals surface area (Å²) in [4.78, 5) is 3.25. The van der Waals surface area contributed by atoms with Crippen LogP contribution in [0.25, 0.3) is 0 Å². The van der Waals surface area contributed by atoms with Gasteiger partial charge in [-0.15, -0.1) is 11.8 Å². The molecular weight excluding hydrogens is 198 g/mol. The van der Waals surface area contributed by atoms with E-state index >= 15 is 0 Å². The lowest BCUT2D eigenvalue weighted by Crippen LogP contribution is -2.26. The second-order valence-electron chi connectivity index (χ2n) is 2.97. The summed E-state index contributed by atoms with van der Waals surface area (Å²) < 4.78 is 0. The molecule has 0 saturated carbocycles. The highest BCUT2D eigenvalue weighted by molar-refractivity contribution is 7.99. The molecule has 0 aliphatic carbocycles. The van der Waals surface area contributed by atoms with Crippen molar-refractivity contribution in [1.29, 1.82) is 0 Å². The Balaban J connectivity index is 2.13. The average Bonchev–Trinajstić information content (AvgIpc) is 2.71. The molecule has 0 N–H and O–H groups in total. The molecule has 68 valence electrons. The van der Waals surface area contributed by atoms with Crippen molar-refractivity contribution in [1.82, 2.24) is 4.90 Å². The SMILES string of the molecule is S=C(c1ccccc1)N1CCSC1. The minimum Gasteiger partial charge on any atom is -0.352 e. The quantitative estimate of drug-likeness (QED) is 0.654. The topological polar surface area (TPSA) is 3.24 Å². The molecule has 0 unspecified atom stereocenters. The summed E-state index contributed by atoms with van der Waals surface area (Å²) in [6, 6.07) is 10.2. The molecule has 0 radical (unpaired) electrons. The highest BCUT2D eigenvalue weighted by Crippen LogP contribution is 2.17. The van der Waals surface area contributed by atoms with Gasteiger partial charge in [0.05, 0.1) is 5.88 Å². The standard InChI is InChI=1S/C10H11NS2/c12-10(11-6-7-13-8-11)9-4-2-1-3-5-9/h1-5H,6-8H2. The van der Waals surface area contributed by atoms with Crippen LogP contribution in [-0.2, 0) is 0 Å². The van der Waals surface area contributed by atoms with Crippen LogP contribution in [0, 0.1) is 0 Å². The number of hydrogen-bond donors (Lipinski definition) is 0. The Hall–Kier alpha value is -0.540. The van der Waals surface area contributed by atoms with Gasteiger partial charge in [-0.25, -0.2) is 0 Å². The monoisotopic (exact) mass is 209 g/mol. The molecule has 1 aliphatic heterocycles. The maximum absolute atomic E-state index is 5.39. The third-order valence-electron chi connectivity index (χ3n) is 2.06. The lowest BCUT2D eigenvalue weighted by molar-refractivity contribution is 0.554. The number of hydrogen-bond acceptors (Lipinski definition) is 2. The fourth-order valence-corrected chi connectivity index (χ4v) is 2.67. The normalized spacial score (nSPS) is 16.2. The second kappa shape index (κ2) is 4.11. The van der Waals surface area contributed by atoms with Crippen LogP contribution >= 0.6 is 24.0 Å². The van der Waals surface area contributed by atoms with Gasteiger partial charge in [0.15, 0.2) is 0 Å². The first-order valence-corrected chi connectivity index (χ1v) is 5.86. The van der Waals surface area contributed by atoms with E-state index in [-0.39, 0.29) is 0 Å². The lowest BCUT2D eigenvalue weighted by Gasteiger charge is -2.17. The van der Waals surface area contributed by atoms with Gasteiger partial charge in [-0.05, 0) is 0 Å². The van der Waals surface area contributed by atoms with Gasteiger partial charge in [-0.2, -0.15) is 0 Å². The Kier molecular flexibility index (Phi) is 2.86. The van der Waals surface area contributed by atoms with Gasteiger partial charge in [-0.1, -0.05) is 42.5 Å². The molecule has 1 fully saturated rings. The molecule has 1 saturated heterocycles. The van der Waals surface area contributed by atoms with Crippen LogP contribution in [0.5, 0.6) is 0 Å². The highest BCUT2D eigenvalue weighted by Gasteiger charge is 2.15. The van der Waals surface area contributed by atoms with Gasteiger partial charge in [0.1, 0.15) is 4.99 Å². The van der Waals surface area contributed by atoms with E-state index in [1.165, 1.54) is 11.3 Å². The van der Waals surface area contributed by atoms with Crippen molar-refractivity contribution in [3.8, 4) is 0 Å². The smallest absolute Gasteiger partial charge is 0.109 e. The van der Waals surface area contributed by atoms with E-state index in [1.54, 1.807) is 0 Å². The average molecular weight is 209 g/mol. The molecule has 0 bridgehead atoms. The molecule has 0 aromatic heterocycles. The maximum atomic E-state index is 5.39. The second-order valence-corrected chi connectivity index (χ2v) is 4.43. The van der Waals surface area contributed by atoms with E-state index in [4.69, 9.17) is 12.2 Å². The summed E-state index contributed by atoms with van der Waals surface area (Å²) in [5.41, 5.74) is 1.17. The minimum atomic E-state index is 0.991. The maximum Gasteiger partial charge on any atom is 0.109 e. The first-order chi connectivity index (χ1) is 6.38. The van der Waals surface area contributed by atoms with Crippen LogP contribution < -0.4 is 0 Å². The van der Waals surface area contributed by atoms with Crippen molar-refractivity contribution >= 4 is 29.0 Å². The zero-order valence-corrected chi connectivity index (χ0v) is 8.90. The molecule has 0 atom stereocenters. The van der Waals surface area contributed by atoms with Crippen molar-refractivity contribution in [2.24, 2.45) is 0 Å². The Morgan fingerprint density at radius 2 is 2.08 bits per heavy atom. The molecule has 3 heteroatoms. The zero-order chi connectivity index (χ0) is 9.10. The van der Waals surface area contributed by atoms with Crippen molar-refractivity contribution < 1.29 is 0 Å². The fourth-order valence-electron chi connectivity index (χ4n) is 1.34.